The second-order valence-corrected chi connectivity index (χ2v) is 6.13. The summed E-state index contributed by atoms with van der Waals surface area (Å²) in [6.45, 7) is 0. The molecule has 6 unspecified atom stereocenters. The Bertz CT molecular complexity index is 421. The van der Waals surface area contributed by atoms with Crippen LogP contribution in [0.3, 0.4) is 0 Å². The molecule has 0 aromatic rings. The summed E-state index contributed by atoms with van der Waals surface area (Å²) in [5.74, 6) is 0. The third kappa shape index (κ3) is 3.14. The van der Waals surface area contributed by atoms with E-state index in [-0.39, 0.29) is 0 Å². The number of hydrogen-bond acceptors (Lipinski definition) is 7. The Morgan fingerprint density at radius 1 is 1.33 bits per heavy atom. The van der Waals surface area contributed by atoms with E-state index in [2.05, 4.69) is 9.73 Å². The fraction of sp³-hybridized carbons (Fsp3) is 0.909. The molecule has 0 aromatic carbocycles. The van der Waals surface area contributed by atoms with Gasteiger partial charge in [-0.1, -0.05) is 11.8 Å². The zero-order chi connectivity index (χ0) is 15.9. The number of methoxy groups -OCH3 is 1. The van der Waals surface area contributed by atoms with Crippen LogP contribution < -0.4 is 0 Å². The number of nitrogens with zero attached hydrogens (tertiary/aromatic N) is 2. The number of hydrogen-bond donors (Lipinski definition) is 2. The fourth-order valence-corrected chi connectivity index (χ4v) is 3.44. The molecule has 21 heavy (non-hydrogen) atoms. The van der Waals surface area contributed by atoms with Gasteiger partial charge in [-0.3, -0.25) is 4.99 Å². The van der Waals surface area contributed by atoms with Crippen molar-refractivity contribution in [3.05, 3.63) is 0 Å². The van der Waals surface area contributed by atoms with Crippen molar-refractivity contribution in [2.24, 2.45) is 4.99 Å². The van der Waals surface area contributed by atoms with E-state index in [9.17, 15) is 23.4 Å². The normalized spacial score (nSPS) is 37.9. The molecule has 0 aliphatic carbocycles. The number of thioether (sulfide) groups is 1. The van der Waals surface area contributed by atoms with Crippen LogP contribution >= 0.6 is 11.8 Å². The summed E-state index contributed by atoms with van der Waals surface area (Å²) in [7, 11) is 4.32. The molecule has 1 saturated heterocycles. The van der Waals surface area contributed by atoms with E-state index in [1.165, 1.54) is 0 Å². The number of aliphatic imine (C=N–C) groups is 1. The highest BCUT2D eigenvalue weighted by atomic mass is 32.2. The number of rotatable bonds is 2. The van der Waals surface area contributed by atoms with Crippen molar-refractivity contribution in [3.8, 4) is 0 Å². The molecule has 10 heteroatoms. The van der Waals surface area contributed by atoms with Crippen molar-refractivity contribution in [2.45, 2.75) is 42.1 Å². The summed E-state index contributed by atoms with van der Waals surface area (Å²) in [5, 5.41) is 20.5. The van der Waals surface area contributed by atoms with Crippen LogP contribution in [0.2, 0.25) is 0 Å². The molecule has 6 atom stereocenters. The van der Waals surface area contributed by atoms with Crippen LogP contribution in [0.25, 0.3) is 0 Å². The van der Waals surface area contributed by atoms with Gasteiger partial charge in [0.2, 0.25) is 0 Å². The van der Waals surface area contributed by atoms with Crippen molar-refractivity contribution in [2.75, 3.05) is 21.2 Å². The summed E-state index contributed by atoms with van der Waals surface area (Å²) in [5.41, 5.74) is -0.786. The molecule has 0 radical (unpaired) electrons. The Hall–Kier alpha value is -0.550. The first kappa shape index (κ1) is 16.8. The minimum absolute atomic E-state index is 0.526. The van der Waals surface area contributed by atoms with Crippen molar-refractivity contribution >= 4 is 16.9 Å². The third-order valence-electron chi connectivity index (χ3n) is 3.35. The van der Waals surface area contributed by atoms with Crippen molar-refractivity contribution < 1.29 is 32.9 Å². The first-order valence-electron chi connectivity index (χ1n) is 6.19. The molecule has 0 bridgehead atoms. The van der Waals surface area contributed by atoms with Crippen LogP contribution in [0.5, 0.6) is 0 Å². The van der Waals surface area contributed by atoms with Gasteiger partial charge in [-0.25, -0.2) is 0 Å². The van der Waals surface area contributed by atoms with E-state index in [1.807, 2.05) is 0 Å². The van der Waals surface area contributed by atoms with Crippen molar-refractivity contribution in [3.63, 3.8) is 0 Å². The van der Waals surface area contributed by atoms with E-state index in [4.69, 9.17) is 4.74 Å². The molecule has 2 aliphatic rings. The maximum atomic E-state index is 12.9. The fourth-order valence-electron chi connectivity index (χ4n) is 2.30. The van der Waals surface area contributed by atoms with Crippen LogP contribution in [0.4, 0.5) is 13.2 Å². The van der Waals surface area contributed by atoms with Crippen molar-refractivity contribution in [1.29, 1.82) is 0 Å². The Kier molecular flexibility index (Phi) is 4.74. The molecule has 2 rings (SSSR count). The number of amidine groups is 1. The maximum absolute atomic E-state index is 12.9. The Balaban J connectivity index is 2.20. The zero-order valence-corrected chi connectivity index (χ0v) is 12.4. The van der Waals surface area contributed by atoms with Crippen molar-refractivity contribution in [1.82, 2.24) is 4.90 Å². The van der Waals surface area contributed by atoms with Gasteiger partial charge < -0.3 is 24.6 Å². The van der Waals surface area contributed by atoms with Gasteiger partial charge in [0.1, 0.15) is 29.8 Å². The predicted octanol–water partition coefficient (Wildman–Crippen LogP) is 0.0434. The summed E-state index contributed by atoms with van der Waals surface area (Å²) in [6, 6.07) is -0.801. The number of ether oxygens (including phenoxy) is 2. The van der Waals surface area contributed by atoms with E-state index in [0.717, 1.165) is 18.9 Å². The molecule has 6 nitrogen and oxygen atoms in total. The molecule has 1 fully saturated rings. The van der Waals surface area contributed by atoms with Crippen LogP contribution in [-0.2, 0) is 9.47 Å². The lowest BCUT2D eigenvalue weighted by Crippen LogP contribution is -2.61. The molecule has 0 amide bonds. The monoisotopic (exact) mass is 330 g/mol. The quantitative estimate of drug-likeness (QED) is 0.745. The summed E-state index contributed by atoms with van der Waals surface area (Å²) < 4.78 is 48.5. The predicted molar refractivity (Wildman–Crippen MR) is 70.0 cm³/mol. The van der Waals surface area contributed by atoms with E-state index >= 15 is 0 Å². The van der Waals surface area contributed by atoms with Gasteiger partial charge >= 0.3 is 6.18 Å². The molecule has 0 aromatic heterocycles. The molecule has 0 spiro atoms. The number of aliphatic hydroxyl groups is 2. The average molecular weight is 330 g/mol. The Morgan fingerprint density at radius 2 is 1.95 bits per heavy atom. The summed E-state index contributed by atoms with van der Waals surface area (Å²) in [4.78, 5) is 5.84. The van der Waals surface area contributed by atoms with Gasteiger partial charge in [0.05, 0.1) is 0 Å². The van der Waals surface area contributed by atoms with Gasteiger partial charge in [-0.05, 0) is 0 Å². The largest absolute Gasteiger partial charge is 0.417 e. The Labute approximate surface area is 123 Å². The maximum Gasteiger partial charge on any atom is 0.417 e. The second-order valence-electron chi connectivity index (χ2n) is 5.06. The first-order chi connectivity index (χ1) is 9.66. The Morgan fingerprint density at radius 3 is 2.43 bits per heavy atom. The molecule has 122 valence electrons. The number of aliphatic hydroxyl groups excluding tert-OH is 2. The van der Waals surface area contributed by atoms with Gasteiger partial charge in [-0.15, -0.1) is 0 Å². The lowest BCUT2D eigenvalue weighted by Gasteiger charge is -2.41. The average Bonchev–Trinajstić information content (AvgIpc) is 2.78. The van der Waals surface area contributed by atoms with Gasteiger partial charge in [0.25, 0.3) is 0 Å². The molecular weight excluding hydrogens is 313 g/mol. The van der Waals surface area contributed by atoms with Crippen LogP contribution in [0.15, 0.2) is 4.99 Å². The third-order valence-corrected chi connectivity index (χ3v) is 4.65. The molecule has 2 N–H and O–H groups in total. The lowest BCUT2D eigenvalue weighted by atomic mass is 9.94. The number of alkyl halides is 3. The molecule has 2 heterocycles. The first-order valence-corrected chi connectivity index (χ1v) is 7.07. The standard InChI is InChI=1S/C11H17F3N2O4S/c1-16(2)10-15-4-5(17)6(18)7(20-9(4)21-10)8(19-3)11(12,13)14/h4-9,17-18H,1-3H3. The number of fused-ring (bicyclic) bond motifs is 1. The smallest absolute Gasteiger partial charge is 0.388 e. The van der Waals surface area contributed by atoms with Gasteiger partial charge in [-0.2, -0.15) is 13.2 Å². The van der Waals surface area contributed by atoms with Gasteiger partial charge in [0.15, 0.2) is 11.3 Å². The van der Waals surface area contributed by atoms with E-state index in [0.29, 0.717) is 5.17 Å². The van der Waals surface area contributed by atoms with Crippen LogP contribution in [0.1, 0.15) is 0 Å². The van der Waals surface area contributed by atoms with Gasteiger partial charge in [0, 0.05) is 21.2 Å². The minimum atomic E-state index is -4.71. The summed E-state index contributed by atoms with van der Waals surface area (Å²) in [6.07, 6.45) is -11.9. The van der Waals surface area contributed by atoms with E-state index in [1.54, 1.807) is 19.0 Å². The molecular formula is C11H17F3N2O4S. The lowest BCUT2D eigenvalue weighted by molar-refractivity contribution is -0.278. The zero-order valence-electron chi connectivity index (χ0n) is 11.6. The highest BCUT2D eigenvalue weighted by Gasteiger charge is 2.56. The van der Waals surface area contributed by atoms with E-state index < -0.39 is 42.1 Å². The molecule has 2 aliphatic heterocycles. The number of halogens is 3. The van der Waals surface area contributed by atoms with Crippen LogP contribution in [0, 0.1) is 0 Å². The highest BCUT2D eigenvalue weighted by molar-refractivity contribution is 8.14. The molecule has 0 saturated carbocycles. The summed E-state index contributed by atoms with van der Waals surface area (Å²) >= 11 is 1.11. The minimum Gasteiger partial charge on any atom is -0.388 e. The topological polar surface area (TPSA) is 74.5 Å². The SMILES string of the molecule is COC(C1OC2SC(N(C)C)=NC2C(O)C1O)C(F)(F)F. The highest BCUT2D eigenvalue weighted by Crippen LogP contribution is 2.40. The van der Waals surface area contributed by atoms with Crippen LogP contribution in [-0.4, -0.2) is 83.6 Å². The second kappa shape index (κ2) is 5.92.